The molecular formula is C25H16Cl2N2O3S. The van der Waals surface area contributed by atoms with E-state index >= 15 is 0 Å². The third-order valence-corrected chi connectivity index (χ3v) is 6.42. The van der Waals surface area contributed by atoms with Crippen molar-refractivity contribution in [2.24, 2.45) is 0 Å². The summed E-state index contributed by atoms with van der Waals surface area (Å²) < 4.78 is 5.77. The largest absolute Gasteiger partial charge is 0.489 e. The molecule has 33 heavy (non-hydrogen) atoms. The standard InChI is InChI=1S/C25H16Cl2N2O3S/c26-20-8-7-18(22(27)12-20)14-29-24(30)23(33-25(29)31)11-16-5-9-21(10-6-16)32-15-19-4-2-1-3-17(19)13-28/h1-12H,14-15H2/b23-11-. The van der Waals surface area contributed by atoms with Crippen molar-refractivity contribution in [1.29, 1.82) is 5.26 Å². The molecule has 1 aliphatic heterocycles. The van der Waals surface area contributed by atoms with Crippen molar-refractivity contribution in [2.75, 3.05) is 0 Å². The van der Waals surface area contributed by atoms with Crippen LogP contribution in [0.4, 0.5) is 4.79 Å². The van der Waals surface area contributed by atoms with E-state index in [-0.39, 0.29) is 24.3 Å². The molecule has 4 rings (SSSR count). The molecule has 8 heteroatoms. The minimum atomic E-state index is -0.371. The third-order valence-electron chi connectivity index (χ3n) is 4.93. The third kappa shape index (κ3) is 5.40. The maximum atomic E-state index is 12.8. The zero-order chi connectivity index (χ0) is 23.4. The fourth-order valence-corrected chi connectivity index (χ4v) is 4.49. The van der Waals surface area contributed by atoms with E-state index in [1.807, 2.05) is 18.2 Å². The fourth-order valence-electron chi connectivity index (χ4n) is 3.18. The van der Waals surface area contributed by atoms with E-state index in [4.69, 9.17) is 27.9 Å². The van der Waals surface area contributed by atoms with Gasteiger partial charge in [-0.1, -0.05) is 59.6 Å². The molecule has 0 spiro atoms. The average molecular weight is 495 g/mol. The molecule has 1 fully saturated rings. The average Bonchev–Trinajstić information content (AvgIpc) is 3.07. The molecule has 0 N–H and O–H groups in total. The highest BCUT2D eigenvalue weighted by Crippen LogP contribution is 2.34. The van der Waals surface area contributed by atoms with Crippen molar-refractivity contribution in [3.8, 4) is 11.8 Å². The van der Waals surface area contributed by atoms with Crippen LogP contribution in [0.15, 0.2) is 71.6 Å². The molecule has 0 bridgehead atoms. The van der Waals surface area contributed by atoms with Gasteiger partial charge in [0, 0.05) is 15.6 Å². The molecule has 3 aromatic carbocycles. The van der Waals surface area contributed by atoms with E-state index < -0.39 is 0 Å². The Balaban J connectivity index is 1.43. The highest BCUT2D eigenvalue weighted by Gasteiger charge is 2.35. The van der Waals surface area contributed by atoms with E-state index in [0.717, 1.165) is 27.8 Å². The first-order valence-electron chi connectivity index (χ1n) is 9.85. The number of rotatable bonds is 6. The minimum Gasteiger partial charge on any atom is -0.489 e. The molecule has 5 nitrogen and oxygen atoms in total. The van der Waals surface area contributed by atoms with Crippen molar-refractivity contribution < 1.29 is 14.3 Å². The number of nitrogens with zero attached hydrogens (tertiary/aromatic N) is 2. The van der Waals surface area contributed by atoms with Gasteiger partial charge in [0.25, 0.3) is 11.1 Å². The summed E-state index contributed by atoms with van der Waals surface area (Å²) >= 11 is 13.0. The first-order chi connectivity index (χ1) is 15.9. The molecule has 0 radical (unpaired) electrons. The number of carbonyl (C=O) groups is 2. The lowest BCUT2D eigenvalue weighted by atomic mass is 10.1. The molecular weight excluding hydrogens is 479 g/mol. The lowest BCUT2D eigenvalue weighted by molar-refractivity contribution is -0.123. The summed E-state index contributed by atoms with van der Waals surface area (Å²) in [7, 11) is 0. The summed E-state index contributed by atoms with van der Waals surface area (Å²) in [5, 5.41) is 9.71. The number of hydrogen-bond acceptors (Lipinski definition) is 5. The Morgan fingerprint density at radius 3 is 2.48 bits per heavy atom. The quantitative estimate of drug-likeness (QED) is 0.357. The molecule has 0 unspecified atom stereocenters. The second-order valence-corrected chi connectivity index (χ2v) is 8.97. The number of amides is 2. The Morgan fingerprint density at radius 1 is 1.00 bits per heavy atom. The number of benzene rings is 3. The van der Waals surface area contributed by atoms with E-state index in [0.29, 0.717) is 31.8 Å². The number of hydrogen-bond donors (Lipinski definition) is 0. The van der Waals surface area contributed by atoms with Crippen LogP contribution in [-0.2, 0) is 17.9 Å². The first-order valence-corrected chi connectivity index (χ1v) is 11.4. The van der Waals surface area contributed by atoms with Crippen molar-refractivity contribution in [1.82, 2.24) is 4.90 Å². The highest BCUT2D eigenvalue weighted by molar-refractivity contribution is 8.18. The number of ether oxygens (including phenoxy) is 1. The number of halogens is 2. The monoisotopic (exact) mass is 494 g/mol. The summed E-state index contributed by atoms with van der Waals surface area (Å²) in [5.74, 6) is 0.259. The van der Waals surface area contributed by atoms with E-state index in [1.165, 1.54) is 0 Å². The normalized spacial score (nSPS) is 14.6. The minimum absolute atomic E-state index is 0.0783. The molecule has 0 atom stereocenters. The van der Waals surface area contributed by atoms with Gasteiger partial charge in [-0.25, -0.2) is 0 Å². The Morgan fingerprint density at radius 2 is 1.76 bits per heavy atom. The molecule has 164 valence electrons. The molecule has 2 amide bonds. The highest BCUT2D eigenvalue weighted by atomic mass is 35.5. The summed E-state index contributed by atoms with van der Waals surface area (Å²) in [6.07, 6.45) is 1.67. The van der Waals surface area contributed by atoms with Crippen molar-refractivity contribution in [3.63, 3.8) is 0 Å². The van der Waals surface area contributed by atoms with Crippen LogP contribution in [0.25, 0.3) is 6.08 Å². The number of nitriles is 1. The molecule has 0 saturated carbocycles. The van der Waals surface area contributed by atoms with Crippen molar-refractivity contribution in [3.05, 3.63) is 104 Å². The molecule has 1 aliphatic rings. The maximum Gasteiger partial charge on any atom is 0.293 e. The lowest BCUT2D eigenvalue weighted by Gasteiger charge is -2.13. The van der Waals surface area contributed by atoms with E-state index in [1.54, 1.807) is 54.6 Å². The summed E-state index contributed by atoms with van der Waals surface area (Å²) in [6, 6.07) is 21.5. The number of carbonyl (C=O) groups excluding carboxylic acids is 2. The van der Waals surface area contributed by atoms with Crippen molar-refractivity contribution >= 4 is 52.2 Å². The SMILES string of the molecule is N#Cc1ccccc1COc1ccc(/C=C2\SC(=O)N(Cc3ccc(Cl)cc3Cl)C2=O)cc1. The Bertz CT molecular complexity index is 1300. The van der Waals surface area contributed by atoms with Crippen LogP contribution in [0.3, 0.4) is 0 Å². The Kier molecular flexibility index (Phi) is 7.05. The smallest absolute Gasteiger partial charge is 0.293 e. The summed E-state index contributed by atoms with van der Waals surface area (Å²) in [4.78, 5) is 26.7. The molecule has 1 heterocycles. The molecule has 1 saturated heterocycles. The van der Waals surface area contributed by atoms with Crippen LogP contribution in [0.2, 0.25) is 10.0 Å². The zero-order valence-electron chi connectivity index (χ0n) is 17.1. The Labute approximate surface area is 205 Å². The van der Waals surface area contributed by atoms with Crippen LogP contribution >= 0.6 is 35.0 Å². The second-order valence-electron chi connectivity index (χ2n) is 7.13. The number of imide groups is 1. The van der Waals surface area contributed by atoms with Gasteiger partial charge >= 0.3 is 0 Å². The maximum absolute atomic E-state index is 12.8. The van der Waals surface area contributed by atoms with Crippen molar-refractivity contribution in [2.45, 2.75) is 13.2 Å². The molecule has 3 aromatic rings. The summed E-state index contributed by atoms with van der Waals surface area (Å²) in [6.45, 7) is 0.351. The number of thioether (sulfide) groups is 1. The van der Waals surface area contributed by atoms with E-state index in [2.05, 4.69) is 6.07 Å². The topological polar surface area (TPSA) is 70.4 Å². The summed E-state index contributed by atoms with van der Waals surface area (Å²) in [5.41, 5.74) is 2.78. The van der Waals surface area contributed by atoms with Gasteiger partial charge in [-0.15, -0.1) is 0 Å². The van der Waals surface area contributed by atoms with Crippen LogP contribution in [0.5, 0.6) is 5.75 Å². The lowest BCUT2D eigenvalue weighted by Crippen LogP contribution is -2.27. The first kappa shape index (κ1) is 22.9. The molecule has 0 aliphatic carbocycles. The second kappa shape index (κ2) is 10.1. The van der Waals surface area contributed by atoms with Crippen LogP contribution < -0.4 is 4.74 Å². The van der Waals surface area contributed by atoms with E-state index in [9.17, 15) is 14.9 Å². The Hall–Kier alpha value is -3.24. The van der Waals surface area contributed by atoms with Crippen LogP contribution in [-0.4, -0.2) is 16.0 Å². The fraction of sp³-hybridized carbons (Fsp3) is 0.0800. The van der Waals surface area contributed by atoms with Crippen LogP contribution in [0, 0.1) is 11.3 Å². The zero-order valence-corrected chi connectivity index (χ0v) is 19.5. The predicted molar refractivity (Wildman–Crippen MR) is 130 cm³/mol. The van der Waals surface area contributed by atoms with Gasteiger partial charge < -0.3 is 4.74 Å². The molecule has 0 aromatic heterocycles. The van der Waals surface area contributed by atoms with Crippen LogP contribution in [0.1, 0.15) is 22.3 Å². The van der Waals surface area contributed by atoms with Gasteiger partial charge in [0.2, 0.25) is 0 Å². The van der Waals surface area contributed by atoms with Gasteiger partial charge in [-0.2, -0.15) is 5.26 Å². The van der Waals surface area contributed by atoms with Gasteiger partial charge in [0.05, 0.1) is 23.1 Å². The van der Waals surface area contributed by atoms with Gasteiger partial charge in [0.15, 0.2) is 0 Å². The van der Waals surface area contributed by atoms with Gasteiger partial charge in [-0.05, 0) is 59.3 Å². The predicted octanol–water partition coefficient (Wildman–Crippen LogP) is 6.68. The van der Waals surface area contributed by atoms with Gasteiger partial charge in [0.1, 0.15) is 12.4 Å². The van der Waals surface area contributed by atoms with Gasteiger partial charge in [-0.3, -0.25) is 14.5 Å².